The fourth-order valence-electron chi connectivity index (χ4n) is 1.39. The van der Waals surface area contributed by atoms with Crippen LogP contribution >= 0.6 is 0 Å². The van der Waals surface area contributed by atoms with Crippen LogP contribution in [0.5, 0.6) is 11.5 Å². The molecule has 1 rings (SSSR count). The molecular weight excluding hydrogens is 238 g/mol. The standard InChI is InChI=1S/C14H20F2O2/c1-3-5-9-17-11-7-8-12(14(16)13(11)15)18-10-6-4-2/h7-8H,3-6,9-10H2,1-2H3. The van der Waals surface area contributed by atoms with E-state index in [0.29, 0.717) is 13.2 Å². The number of halogens is 2. The SMILES string of the molecule is CCCCOc1ccc(OCCCC)c(F)c1F. The average molecular weight is 258 g/mol. The predicted molar refractivity (Wildman–Crippen MR) is 67.2 cm³/mol. The van der Waals surface area contributed by atoms with Gasteiger partial charge < -0.3 is 9.47 Å². The Bertz CT molecular complexity index is 332. The molecule has 1 aromatic carbocycles. The molecule has 0 unspecified atom stereocenters. The quantitative estimate of drug-likeness (QED) is 0.646. The van der Waals surface area contributed by atoms with Gasteiger partial charge in [-0.2, -0.15) is 8.78 Å². The molecule has 0 heterocycles. The maximum Gasteiger partial charge on any atom is 0.204 e. The summed E-state index contributed by atoms with van der Waals surface area (Å²) < 4.78 is 37.6. The maximum absolute atomic E-state index is 13.6. The van der Waals surface area contributed by atoms with Crippen molar-refractivity contribution in [2.45, 2.75) is 39.5 Å². The van der Waals surface area contributed by atoms with Gasteiger partial charge >= 0.3 is 0 Å². The Balaban J connectivity index is 2.65. The first-order valence-corrected chi connectivity index (χ1v) is 6.44. The molecule has 4 heteroatoms. The second-order valence-corrected chi connectivity index (χ2v) is 4.09. The van der Waals surface area contributed by atoms with Gasteiger partial charge in [0.1, 0.15) is 0 Å². The Hall–Kier alpha value is -1.32. The monoisotopic (exact) mass is 258 g/mol. The molecule has 0 aliphatic carbocycles. The maximum atomic E-state index is 13.6. The zero-order chi connectivity index (χ0) is 13.4. The van der Waals surface area contributed by atoms with Crippen molar-refractivity contribution in [3.05, 3.63) is 23.8 Å². The van der Waals surface area contributed by atoms with Gasteiger partial charge in [-0.25, -0.2) is 0 Å². The highest BCUT2D eigenvalue weighted by atomic mass is 19.2. The lowest BCUT2D eigenvalue weighted by Crippen LogP contribution is -2.03. The minimum Gasteiger partial charge on any atom is -0.490 e. The predicted octanol–water partition coefficient (Wildman–Crippen LogP) is 4.32. The Labute approximate surface area is 107 Å². The Morgan fingerprint density at radius 1 is 0.833 bits per heavy atom. The summed E-state index contributed by atoms with van der Waals surface area (Å²) in [6.07, 6.45) is 3.52. The minimum absolute atomic E-state index is 0.0520. The van der Waals surface area contributed by atoms with Crippen LogP contribution in [0.2, 0.25) is 0 Å². The Morgan fingerprint density at radius 2 is 1.22 bits per heavy atom. The second-order valence-electron chi connectivity index (χ2n) is 4.09. The third kappa shape index (κ3) is 4.17. The summed E-state index contributed by atoms with van der Waals surface area (Å²) in [6, 6.07) is 2.82. The number of benzene rings is 1. The van der Waals surface area contributed by atoms with Gasteiger partial charge in [-0.3, -0.25) is 0 Å². The zero-order valence-corrected chi connectivity index (χ0v) is 11.0. The van der Waals surface area contributed by atoms with Gasteiger partial charge in [0.2, 0.25) is 11.6 Å². The van der Waals surface area contributed by atoms with Crippen molar-refractivity contribution in [3.8, 4) is 11.5 Å². The van der Waals surface area contributed by atoms with E-state index in [9.17, 15) is 8.78 Å². The van der Waals surface area contributed by atoms with E-state index in [2.05, 4.69) is 0 Å². The van der Waals surface area contributed by atoms with E-state index in [0.717, 1.165) is 25.7 Å². The van der Waals surface area contributed by atoms with Crippen LogP contribution in [0.1, 0.15) is 39.5 Å². The van der Waals surface area contributed by atoms with Crippen molar-refractivity contribution in [3.63, 3.8) is 0 Å². The lowest BCUT2D eigenvalue weighted by atomic mass is 10.3. The van der Waals surface area contributed by atoms with E-state index in [4.69, 9.17) is 9.47 Å². The zero-order valence-electron chi connectivity index (χ0n) is 11.0. The molecule has 0 radical (unpaired) electrons. The van der Waals surface area contributed by atoms with Crippen molar-refractivity contribution < 1.29 is 18.3 Å². The van der Waals surface area contributed by atoms with Crippen LogP contribution in [0.4, 0.5) is 8.78 Å². The van der Waals surface area contributed by atoms with Gasteiger partial charge in [-0.05, 0) is 25.0 Å². The van der Waals surface area contributed by atoms with Crippen molar-refractivity contribution in [1.82, 2.24) is 0 Å². The number of unbranched alkanes of at least 4 members (excludes halogenated alkanes) is 2. The molecule has 0 spiro atoms. The molecule has 0 fully saturated rings. The molecule has 1 aromatic rings. The average Bonchev–Trinajstić information content (AvgIpc) is 2.37. The van der Waals surface area contributed by atoms with Crippen molar-refractivity contribution >= 4 is 0 Å². The van der Waals surface area contributed by atoms with Gasteiger partial charge in [-0.15, -0.1) is 0 Å². The number of hydrogen-bond acceptors (Lipinski definition) is 2. The Morgan fingerprint density at radius 3 is 1.56 bits per heavy atom. The van der Waals surface area contributed by atoms with Crippen LogP contribution in [0.25, 0.3) is 0 Å². The first-order valence-electron chi connectivity index (χ1n) is 6.44. The van der Waals surface area contributed by atoms with Crippen molar-refractivity contribution in [2.75, 3.05) is 13.2 Å². The number of hydrogen-bond donors (Lipinski definition) is 0. The largest absolute Gasteiger partial charge is 0.490 e. The topological polar surface area (TPSA) is 18.5 Å². The van der Waals surface area contributed by atoms with E-state index >= 15 is 0 Å². The van der Waals surface area contributed by atoms with E-state index in [1.165, 1.54) is 12.1 Å². The van der Waals surface area contributed by atoms with E-state index in [1.54, 1.807) is 0 Å². The first kappa shape index (κ1) is 14.7. The van der Waals surface area contributed by atoms with Gasteiger partial charge in [-0.1, -0.05) is 26.7 Å². The van der Waals surface area contributed by atoms with Crippen LogP contribution in [-0.4, -0.2) is 13.2 Å². The first-order chi connectivity index (χ1) is 8.70. The molecular formula is C14H20F2O2. The fraction of sp³-hybridized carbons (Fsp3) is 0.571. The Kier molecular flexibility index (Phi) is 6.47. The summed E-state index contributed by atoms with van der Waals surface area (Å²) >= 11 is 0. The normalized spacial score (nSPS) is 10.4. The second kappa shape index (κ2) is 7.90. The van der Waals surface area contributed by atoms with Crippen LogP contribution in [0, 0.1) is 11.6 Å². The molecule has 0 saturated carbocycles. The summed E-state index contributed by atoms with van der Waals surface area (Å²) in [5.74, 6) is -2.05. The van der Waals surface area contributed by atoms with E-state index in [1.807, 2.05) is 13.8 Å². The molecule has 18 heavy (non-hydrogen) atoms. The number of rotatable bonds is 8. The molecule has 0 atom stereocenters. The minimum atomic E-state index is -0.972. The molecule has 2 nitrogen and oxygen atoms in total. The van der Waals surface area contributed by atoms with Gasteiger partial charge in [0.05, 0.1) is 13.2 Å². The van der Waals surface area contributed by atoms with Crippen LogP contribution in [0.3, 0.4) is 0 Å². The summed E-state index contributed by atoms with van der Waals surface area (Å²) in [4.78, 5) is 0. The summed E-state index contributed by atoms with van der Waals surface area (Å²) in [7, 11) is 0. The van der Waals surface area contributed by atoms with Gasteiger partial charge in [0, 0.05) is 0 Å². The third-order valence-electron chi connectivity index (χ3n) is 2.52. The smallest absolute Gasteiger partial charge is 0.204 e. The summed E-state index contributed by atoms with van der Waals surface area (Å²) in [6.45, 7) is 4.79. The van der Waals surface area contributed by atoms with E-state index in [-0.39, 0.29) is 11.5 Å². The molecule has 0 aliphatic rings. The molecule has 0 aromatic heterocycles. The fourth-order valence-corrected chi connectivity index (χ4v) is 1.39. The number of ether oxygens (including phenoxy) is 2. The molecule has 0 amide bonds. The van der Waals surface area contributed by atoms with Crippen LogP contribution in [0.15, 0.2) is 12.1 Å². The van der Waals surface area contributed by atoms with Crippen LogP contribution in [-0.2, 0) is 0 Å². The van der Waals surface area contributed by atoms with Gasteiger partial charge in [0.25, 0.3) is 0 Å². The third-order valence-corrected chi connectivity index (χ3v) is 2.52. The molecule has 102 valence electrons. The van der Waals surface area contributed by atoms with Gasteiger partial charge in [0.15, 0.2) is 11.5 Å². The summed E-state index contributed by atoms with van der Waals surface area (Å²) in [5, 5.41) is 0. The van der Waals surface area contributed by atoms with Crippen LogP contribution < -0.4 is 9.47 Å². The summed E-state index contributed by atoms with van der Waals surface area (Å²) in [5.41, 5.74) is 0. The highest BCUT2D eigenvalue weighted by Crippen LogP contribution is 2.27. The van der Waals surface area contributed by atoms with E-state index < -0.39 is 11.6 Å². The lowest BCUT2D eigenvalue weighted by Gasteiger charge is -2.10. The molecule has 0 bridgehead atoms. The molecule has 0 aliphatic heterocycles. The molecule has 0 saturated heterocycles. The molecule has 0 N–H and O–H groups in total. The lowest BCUT2D eigenvalue weighted by molar-refractivity contribution is 0.269. The highest BCUT2D eigenvalue weighted by molar-refractivity contribution is 5.35. The highest BCUT2D eigenvalue weighted by Gasteiger charge is 2.15. The van der Waals surface area contributed by atoms with Crippen molar-refractivity contribution in [2.24, 2.45) is 0 Å². The van der Waals surface area contributed by atoms with Crippen molar-refractivity contribution in [1.29, 1.82) is 0 Å².